The number of thioether (sulfide) groups is 1. The van der Waals surface area contributed by atoms with Crippen LogP contribution in [-0.2, 0) is 0 Å². The van der Waals surface area contributed by atoms with Crippen LogP contribution >= 0.6 is 11.8 Å². The van der Waals surface area contributed by atoms with Gasteiger partial charge in [0, 0.05) is 18.8 Å². The molecular formula is C12H18FN3OS. The molecule has 0 saturated heterocycles. The summed E-state index contributed by atoms with van der Waals surface area (Å²) in [4.78, 5) is 13.8. The summed E-state index contributed by atoms with van der Waals surface area (Å²) in [6.07, 6.45) is 1.98. The number of hydrazine groups is 1. The molecule has 100 valence electrons. The van der Waals surface area contributed by atoms with Gasteiger partial charge in [0.15, 0.2) is 0 Å². The molecule has 0 radical (unpaired) electrons. The molecule has 0 spiro atoms. The Hall–Kier alpha value is -1.27. The number of benzene rings is 1. The van der Waals surface area contributed by atoms with Crippen molar-refractivity contribution in [1.82, 2.24) is 4.90 Å². The third-order valence-corrected chi connectivity index (χ3v) is 3.59. The van der Waals surface area contributed by atoms with Gasteiger partial charge in [0.25, 0.3) is 5.91 Å². The number of hydrogen-bond donors (Lipinski definition) is 2. The first-order valence-electron chi connectivity index (χ1n) is 5.54. The third kappa shape index (κ3) is 3.14. The van der Waals surface area contributed by atoms with E-state index in [1.165, 1.54) is 12.1 Å². The Morgan fingerprint density at radius 2 is 2.28 bits per heavy atom. The summed E-state index contributed by atoms with van der Waals surface area (Å²) in [6.45, 7) is 1.95. The van der Waals surface area contributed by atoms with E-state index in [1.807, 2.05) is 13.2 Å². The fourth-order valence-corrected chi connectivity index (χ4v) is 2.30. The average molecular weight is 271 g/mol. The molecule has 0 aliphatic heterocycles. The van der Waals surface area contributed by atoms with Gasteiger partial charge in [0.05, 0.1) is 11.3 Å². The van der Waals surface area contributed by atoms with Crippen LogP contribution in [0.5, 0.6) is 0 Å². The molecule has 6 heteroatoms. The van der Waals surface area contributed by atoms with Gasteiger partial charge >= 0.3 is 0 Å². The van der Waals surface area contributed by atoms with Crippen molar-refractivity contribution in [2.24, 2.45) is 5.84 Å². The van der Waals surface area contributed by atoms with Crippen molar-refractivity contribution < 1.29 is 9.18 Å². The summed E-state index contributed by atoms with van der Waals surface area (Å²) in [5.74, 6) is 5.30. The molecule has 0 fully saturated rings. The van der Waals surface area contributed by atoms with Gasteiger partial charge in [-0.2, -0.15) is 11.8 Å². The summed E-state index contributed by atoms with van der Waals surface area (Å²) < 4.78 is 13.5. The zero-order chi connectivity index (χ0) is 13.7. The normalized spacial score (nSPS) is 12.1. The number of rotatable bonds is 5. The lowest BCUT2D eigenvalue weighted by Gasteiger charge is -2.25. The summed E-state index contributed by atoms with van der Waals surface area (Å²) in [7, 11) is 1.70. The van der Waals surface area contributed by atoms with Gasteiger partial charge in [0.2, 0.25) is 0 Å². The predicted octanol–water partition coefficient (Wildman–Crippen LogP) is 1.93. The maximum absolute atomic E-state index is 13.5. The molecule has 4 nitrogen and oxygen atoms in total. The maximum Gasteiger partial charge on any atom is 0.256 e. The van der Waals surface area contributed by atoms with Crippen LogP contribution in [0.3, 0.4) is 0 Å². The van der Waals surface area contributed by atoms with Crippen LogP contribution in [0, 0.1) is 5.82 Å². The summed E-state index contributed by atoms with van der Waals surface area (Å²) in [6, 6.07) is 4.39. The number of nitrogen functional groups attached to an aromatic ring is 1. The second kappa shape index (κ2) is 6.61. The molecule has 0 aliphatic rings. The van der Waals surface area contributed by atoms with Gasteiger partial charge in [-0.3, -0.25) is 10.6 Å². The van der Waals surface area contributed by atoms with Crippen molar-refractivity contribution in [3.05, 3.63) is 29.6 Å². The van der Waals surface area contributed by atoms with Gasteiger partial charge < -0.3 is 10.3 Å². The number of halogens is 1. The van der Waals surface area contributed by atoms with Gasteiger partial charge in [0.1, 0.15) is 5.82 Å². The first-order valence-corrected chi connectivity index (χ1v) is 6.93. The molecule has 1 aromatic rings. The Kier molecular flexibility index (Phi) is 5.43. The van der Waals surface area contributed by atoms with E-state index in [2.05, 4.69) is 5.43 Å². The lowest BCUT2D eigenvalue weighted by atomic mass is 10.1. The van der Waals surface area contributed by atoms with E-state index in [1.54, 1.807) is 29.8 Å². The highest BCUT2D eigenvalue weighted by atomic mass is 32.2. The molecule has 3 N–H and O–H groups in total. The van der Waals surface area contributed by atoms with Crippen molar-refractivity contribution in [2.75, 3.05) is 24.5 Å². The Morgan fingerprint density at radius 1 is 1.61 bits per heavy atom. The van der Waals surface area contributed by atoms with Crippen molar-refractivity contribution in [3.63, 3.8) is 0 Å². The molecule has 18 heavy (non-hydrogen) atoms. The highest BCUT2D eigenvalue weighted by Gasteiger charge is 2.21. The van der Waals surface area contributed by atoms with Gasteiger partial charge in [-0.05, 0) is 25.3 Å². The van der Waals surface area contributed by atoms with Crippen LogP contribution in [0.4, 0.5) is 10.1 Å². The van der Waals surface area contributed by atoms with E-state index in [4.69, 9.17) is 5.84 Å². The molecule has 0 aromatic heterocycles. The Bertz CT molecular complexity index is 428. The first-order chi connectivity index (χ1) is 8.52. The molecule has 1 unspecified atom stereocenters. The van der Waals surface area contributed by atoms with Crippen molar-refractivity contribution in [3.8, 4) is 0 Å². The van der Waals surface area contributed by atoms with E-state index in [0.29, 0.717) is 0 Å². The van der Waals surface area contributed by atoms with E-state index >= 15 is 0 Å². The fourth-order valence-electron chi connectivity index (χ4n) is 1.59. The van der Waals surface area contributed by atoms with Crippen LogP contribution in [0.1, 0.15) is 17.3 Å². The third-order valence-electron chi connectivity index (χ3n) is 2.78. The lowest BCUT2D eigenvalue weighted by Crippen LogP contribution is -2.37. The standard InChI is InChI=1S/C12H18FN3OS/c1-8(7-18-3)16(2)12(17)9-5-4-6-10(13)11(9)15-14/h4-6,8,15H,7,14H2,1-3H3. The van der Waals surface area contributed by atoms with Crippen molar-refractivity contribution in [2.45, 2.75) is 13.0 Å². The number of carbonyl (C=O) groups is 1. The van der Waals surface area contributed by atoms with Crippen LogP contribution in [-0.4, -0.2) is 35.9 Å². The second-order valence-electron chi connectivity index (χ2n) is 4.03. The van der Waals surface area contributed by atoms with E-state index in [9.17, 15) is 9.18 Å². The molecule has 0 bridgehead atoms. The van der Waals surface area contributed by atoms with Crippen LogP contribution in [0.15, 0.2) is 18.2 Å². The lowest BCUT2D eigenvalue weighted by molar-refractivity contribution is 0.0758. The largest absolute Gasteiger partial charge is 0.338 e. The minimum Gasteiger partial charge on any atom is -0.338 e. The topological polar surface area (TPSA) is 58.4 Å². The zero-order valence-corrected chi connectivity index (χ0v) is 11.6. The molecule has 1 aromatic carbocycles. The number of nitrogens with one attached hydrogen (secondary N) is 1. The molecule has 1 rings (SSSR count). The van der Waals surface area contributed by atoms with Crippen LogP contribution in [0.2, 0.25) is 0 Å². The zero-order valence-electron chi connectivity index (χ0n) is 10.7. The quantitative estimate of drug-likeness (QED) is 0.634. The Labute approximate surface area is 111 Å². The molecular weight excluding hydrogens is 253 g/mol. The summed E-state index contributed by atoms with van der Waals surface area (Å²) in [5.41, 5.74) is 2.52. The van der Waals surface area contributed by atoms with Gasteiger partial charge in [-0.1, -0.05) is 6.07 Å². The number of para-hydroxylation sites is 1. The number of anilines is 1. The van der Waals surface area contributed by atoms with Gasteiger partial charge in [-0.15, -0.1) is 0 Å². The molecule has 1 atom stereocenters. The molecule has 0 aliphatic carbocycles. The number of hydrogen-bond acceptors (Lipinski definition) is 4. The summed E-state index contributed by atoms with van der Waals surface area (Å²) in [5, 5.41) is 0. The maximum atomic E-state index is 13.5. The second-order valence-corrected chi connectivity index (χ2v) is 4.94. The van der Waals surface area contributed by atoms with Crippen LogP contribution in [0.25, 0.3) is 0 Å². The fraction of sp³-hybridized carbons (Fsp3) is 0.417. The number of carbonyl (C=O) groups excluding carboxylic acids is 1. The minimum absolute atomic E-state index is 0.0331. The smallest absolute Gasteiger partial charge is 0.256 e. The van der Waals surface area contributed by atoms with E-state index < -0.39 is 5.82 Å². The van der Waals surface area contributed by atoms with Crippen LogP contribution < -0.4 is 11.3 Å². The SMILES string of the molecule is CSCC(C)N(C)C(=O)c1cccc(F)c1NN. The molecule has 0 saturated carbocycles. The van der Waals surface area contributed by atoms with Crippen molar-refractivity contribution in [1.29, 1.82) is 0 Å². The molecule has 0 heterocycles. The Morgan fingerprint density at radius 3 is 2.83 bits per heavy atom. The van der Waals surface area contributed by atoms with Crippen molar-refractivity contribution >= 4 is 23.4 Å². The minimum atomic E-state index is -0.533. The highest BCUT2D eigenvalue weighted by Crippen LogP contribution is 2.21. The summed E-state index contributed by atoms with van der Waals surface area (Å²) >= 11 is 1.66. The predicted molar refractivity (Wildman–Crippen MR) is 74.1 cm³/mol. The highest BCUT2D eigenvalue weighted by molar-refractivity contribution is 7.98. The monoisotopic (exact) mass is 271 g/mol. The number of nitrogens with two attached hydrogens (primary N) is 1. The molecule has 1 amide bonds. The average Bonchev–Trinajstić information content (AvgIpc) is 2.37. The van der Waals surface area contributed by atoms with E-state index in [-0.39, 0.29) is 23.2 Å². The first kappa shape index (κ1) is 14.8. The van der Waals surface area contributed by atoms with E-state index in [0.717, 1.165) is 5.75 Å². The number of amides is 1. The van der Waals surface area contributed by atoms with Gasteiger partial charge in [-0.25, -0.2) is 4.39 Å². The number of nitrogens with zero attached hydrogens (tertiary/aromatic N) is 1. The Balaban J connectivity index is 3.00.